The van der Waals surface area contributed by atoms with Crippen LogP contribution in [0, 0.1) is 18.8 Å². The van der Waals surface area contributed by atoms with Crippen LogP contribution in [0.1, 0.15) is 16.7 Å². The number of rotatable bonds is 3. The van der Waals surface area contributed by atoms with Crippen molar-refractivity contribution in [3.8, 4) is 17.6 Å². The van der Waals surface area contributed by atoms with E-state index in [2.05, 4.69) is 22.9 Å². The maximum absolute atomic E-state index is 5.73. The summed E-state index contributed by atoms with van der Waals surface area (Å²) < 4.78 is 5.73. The van der Waals surface area contributed by atoms with Crippen LogP contribution in [0.2, 0.25) is 0 Å². The normalized spacial score (nSPS) is 9.58. The van der Waals surface area contributed by atoms with Gasteiger partial charge in [-0.3, -0.25) is 4.98 Å². The second kappa shape index (κ2) is 6.82. The predicted octanol–water partition coefficient (Wildman–Crippen LogP) is 3.56. The monoisotopic (exact) mass is 271 g/mol. The summed E-state index contributed by atoms with van der Waals surface area (Å²) in [6.45, 7) is 2.51. The molecule has 0 saturated heterocycles. The summed E-state index contributed by atoms with van der Waals surface area (Å²) >= 11 is 5.54. The fraction of sp³-hybridized carbons (Fsp3) is 0.188. The third-order valence-corrected chi connectivity index (χ3v) is 2.60. The molecule has 2 rings (SSSR count). The Morgan fingerprint density at radius 3 is 2.95 bits per heavy atom. The number of aromatic nitrogens is 1. The van der Waals surface area contributed by atoms with Gasteiger partial charge in [-0.15, -0.1) is 11.6 Å². The second-order valence-electron chi connectivity index (χ2n) is 4.12. The van der Waals surface area contributed by atoms with Crippen LogP contribution in [0.4, 0.5) is 0 Å². The lowest BCUT2D eigenvalue weighted by Crippen LogP contribution is -1.96. The van der Waals surface area contributed by atoms with E-state index >= 15 is 0 Å². The standard InChI is InChI=1S/C16H14ClNO/c1-13-8-15(11-18-10-13)12-19-16-6-2-4-14(9-16)5-3-7-17/h2,4,6,8-11H,7,12H2,1H3. The van der Waals surface area contributed by atoms with Gasteiger partial charge < -0.3 is 4.74 Å². The SMILES string of the molecule is Cc1cncc(COc2cccc(C#CCCl)c2)c1. The Morgan fingerprint density at radius 2 is 2.16 bits per heavy atom. The molecule has 1 aromatic carbocycles. The molecule has 0 aliphatic heterocycles. The molecule has 0 aliphatic carbocycles. The molecule has 1 aromatic heterocycles. The molecule has 96 valence electrons. The Bertz CT molecular complexity index is 613. The minimum atomic E-state index is 0.333. The second-order valence-corrected chi connectivity index (χ2v) is 4.39. The molecular formula is C16H14ClNO. The van der Waals surface area contributed by atoms with Crippen molar-refractivity contribution in [2.45, 2.75) is 13.5 Å². The van der Waals surface area contributed by atoms with E-state index in [1.54, 1.807) is 0 Å². The van der Waals surface area contributed by atoms with Crippen molar-refractivity contribution in [3.05, 3.63) is 59.4 Å². The van der Waals surface area contributed by atoms with Gasteiger partial charge in [0.2, 0.25) is 0 Å². The van der Waals surface area contributed by atoms with Crippen LogP contribution in [-0.2, 0) is 6.61 Å². The van der Waals surface area contributed by atoms with Crippen molar-refractivity contribution < 1.29 is 4.74 Å². The van der Waals surface area contributed by atoms with Gasteiger partial charge in [0.1, 0.15) is 12.4 Å². The summed E-state index contributed by atoms with van der Waals surface area (Å²) in [5.74, 6) is 6.92. The molecule has 0 amide bonds. The molecule has 3 heteroatoms. The summed E-state index contributed by atoms with van der Waals surface area (Å²) in [4.78, 5) is 4.14. The number of pyridine rings is 1. The van der Waals surface area contributed by atoms with E-state index < -0.39 is 0 Å². The molecule has 1 heterocycles. The quantitative estimate of drug-likeness (QED) is 0.629. The van der Waals surface area contributed by atoms with Gasteiger partial charge >= 0.3 is 0 Å². The van der Waals surface area contributed by atoms with Crippen LogP contribution in [0.5, 0.6) is 5.75 Å². The van der Waals surface area contributed by atoms with E-state index in [-0.39, 0.29) is 0 Å². The van der Waals surface area contributed by atoms with Gasteiger partial charge in [0, 0.05) is 23.5 Å². The largest absolute Gasteiger partial charge is 0.489 e. The molecule has 2 aromatic rings. The van der Waals surface area contributed by atoms with E-state index in [1.165, 1.54) is 0 Å². The Hall–Kier alpha value is -1.98. The number of ether oxygens (including phenoxy) is 1. The zero-order valence-corrected chi connectivity index (χ0v) is 11.4. The van der Waals surface area contributed by atoms with E-state index in [9.17, 15) is 0 Å². The number of halogens is 1. The smallest absolute Gasteiger partial charge is 0.121 e. The van der Waals surface area contributed by atoms with Gasteiger partial charge in [0.15, 0.2) is 0 Å². The van der Waals surface area contributed by atoms with Gasteiger partial charge in [-0.25, -0.2) is 0 Å². The maximum Gasteiger partial charge on any atom is 0.121 e. The summed E-state index contributed by atoms with van der Waals surface area (Å²) in [6, 6.07) is 9.73. The highest BCUT2D eigenvalue weighted by Crippen LogP contribution is 2.14. The average molecular weight is 272 g/mol. The highest BCUT2D eigenvalue weighted by Gasteiger charge is 1.98. The molecule has 0 saturated carbocycles. The Balaban J connectivity index is 2.03. The first-order chi connectivity index (χ1) is 9.28. The van der Waals surface area contributed by atoms with Gasteiger partial charge in [0.25, 0.3) is 0 Å². The van der Waals surface area contributed by atoms with Crippen LogP contribution in [-0.4, -0.2) is 10.9 Å². The van der Waals surface area contributed by atoms with E-state index in [1.807, 2.05) is 43.6 Å². The molecule has 0 spiro atoms. The van der Waals surface area contributed by atoms with Crippen LogP contribution < -0.4 is 4.74 Å². The van der Waals surface area contributed by atoms with Crippen molar-refractivity contribution >= 4 is 11.6 Å². The highest BCUT2D eigenvalue weighted by atomic mass is 35.5. The summed E-state index contributed by atoms with van der Waals surface area (Å²) in [5.41, 5.74) is 3.08. The van der Waals surface area contributed by atoms with Crippen molar-refractivity contribution in [1.29, 1.82) is 0 Å². The molecule has 0 atom stereocenters. The Morgan fingerprint density at radius 1 is 1.26 bits per heavy atom. The average Bonchev–Trinajstić information content (AvgIpc) is 2.43. The predicted molar refractivity (Wildman–Crippen MR) is 77.3 cm³/mol. The first kappa shape index (κ1) is 13.5. The lowest BCUT2D eigenvalue weighted by Gasteiger charge is -2.06. The van der Waals surface area contributed by atoms with E-state index in [0.717, 1.165) is 22.4 Å². The minimum Gasteiger partial charge on any atom is -0.489 e. The summed E-state index contributed by atoms with van der Waals surface area (Å²) in [5, 5.41) is 0. The number of benzene rings is 1. The molecule has 0 N–H and O–H groups in total. The lowest BCUT2D eigenvalue weighted by molar-refractivity contribution is 0.305. The van der Waals surface area contributed by atoms with E-state index in [4.69, 9.17) is 16.3 Å². The summed E-state index contributed by atoms with van der Waals surface area (Å²) in [7, 11) is 0. The molecular weight excluding hydrogens is 258 g/mol. The summed E-state index contributed by atoms with van der Waals surface area (Å²) in [6.07, 6.45) is 3.63. The number of hydrogen-bond donors (Lipinski definition) is 0. The first-order valence-corrected chi connectivity index (χ1v) is 6.49. The molecule has 0 fully saturated rings. The van der Waals surface area contributed by atoms with Gasteiger partial charge in [-0.1, -0.05) is 17.9 Å². The number of alkyl halides is 1. The van der Waals surface area contributed by atoms with Gasteiger partial charge in [-0.2, -0.15) is 0 Å². The number of aryl methyl sites for hydroxylation is 1. The molecule has 0 bridgehead atoms. The third kappa shape index (κ3) is 4.31. The van der Waals surface area contributed by atoms with Crippen molar-refractivity contribution in [2.75, 3.05) is 5.88 Å². The van der Waals surface area contributed by atoms with Gasteiger partial charge in [0.05, 0.1) is 5.88 Å². The number of nitrogens with zero attached hydrogens (tertiary/aromatic N) is 1. The molecule has 0 aliphatic rings. The zero-order valence-electron chi connectivity index (χ0n) is 10.7. The van der Waals surface area contributed by atoms with Crippen LogP contribution in [0.25, 0.3) is 0 Å². The molecule has 0 radical (unpaired) electrons. The van der Waals surface area contributed by atoms with Crippen molar-refractivity contribution in [2.24, 2.45) is 0 Å². The van der Waals surface area contributed by atoms with Crippen LogP contribution in [0.15, 0.2) is 42.7 Å². The lowest BCUT2D eigenvalue weighted by atomic mass is 10.2. The first-order valence-electron chi connectivity index (χ1n) is 5.96. The molecule has 19 heavy (non-hydrogen) atoms. The fourth-order valence-corrected chi connectivity index (χ4v) is 1.73. The zero-order chi connectivity index (χ0) is 13.5. The Labute approximate surface area is 118 Å². The number of hydrogen-bond acceptors (Lipinski definition) is 2. The molecule has 2 nitrogen and oxygen atoms in total. The minimum absolute atomic E-state index is 0.333. The van der Waals surface area contributed by atoms with Crippen LogP contribution in [0.3, 0.4) is 0 Å². The fourth-order valence-electron chi connectivity index (χ4n) is 1.66. The maximum atomic E-state index is 5.73. The van der Waals surface area contributed by atoms with E-state index in [0.29, 0.717) is 12.5 Å². The third-order valence-electron chi connectivity index (χ3n) is 2.47. The van der Waals surface area contributed by atoms with Gasteiger partial charge in [-0.05, 0) is 36.8 Å². The highest BCUT2D eigenvalue weighted by molar-refractivity contribution is 6.19. The topological polar surface area (TPSA) is 22.1 Å². The Kier molecular flexibility index (Phi) is 4.83. The van der Waals surface area contributed by atoms with Crippen LogP contribution >= 0.6 is 11.6 Å². The van der Waals surface area contributed by atoms with Crippen molar-refractivity contribution in [1.82, 2.24) is 4.98 Å². The van der Waals surface area contributed by atoms with Crippen molar-refractivity contribution in [3.63, 3.8) is 0 Å². The molecule has 0 unspecified atom stereocenters.